The molecule has 1 aromatic heterocycles. The van der Waals surface area contributed by atoms with Crippen molar-refractivity contribution in [3.8, 4) is 0 Å². The molecule has 1 amide bonds. The van der Waals surface area contributed by atoms with Crippen LogP contribution < -0.4 is 5.32 Å². The monoisotopic (exact) mass is 413 g/mol. The molecule has 0 atom stereocenters. The van der Waals surface area contributed by atoms with E-state index in [-0.39, 0.29) is 5.91 Å². The van der Waals surface area contributed by atoms with E-state index < -0.39 is 0 Å². The van der Waals surface area contributed by atoms with Crippen LogP contribution in [0, 0.1) is 6.92 Å². The van der Waals surface area contributed by atoms with Crippen molar-refractivity contribution in [3.63, 3.8) is 0 Å². The predicted octanol–water partition coefficient (Wildman–Crippen LogP) is 4.09. The maximum Gasteiger partial charge on any atom is 0.240 e. The molecule has 0 aliphatic carbocycles. The molecule has 26 heavy (non-hydrogen) atoms. The first kappa shape index (κ1) is 18.7. The Bertz CT molecular complexity index is 930. The molecule has 2 aromatic carbocycles. The van der Waals surface area contributed by atoms with Gasteiger partial charge in [-0.2, -0.15) is 0 Å². The maximum atomic E-state index is 12.6. The smallest absolute Gasteiger partial charge is 0.240 e. The fourth-order valence-electron chi connectivity index (χ4n) is 3.21. The van der Waals surface area contributed by atoms with Crippen LogP contribution in [0.1, 0.15) is 16.8 Å². The van der Waals surface area contributed by atoms with Crippen molar-refractivity contribution < 1.29 is 4.79 Å². The van der Waals surface area contributed by atoms with Crippen molar-refractivity contribution in [1.29, 1.82) is 0 Å². The zero-order valence-electron chi connectivity index (χ0n) is 15.4. The minimum absolute atomic E-state index is 0.0148. The van der Waals surface area contributed by atoms with E-state index in [2.05, 4.69) is 48.9 Å². The summed E-state index contributed by atoms with van der Waals surface area (Å²) in [7, 11) is 4.10. The number of aromatic nitrogens is 1. The van der Waals surface area contributed by atoms with Crippen LogP contribution in [0.3, 0.4) is 0 Å². The number of nitrogens with one attached hydrogen (secondary N) is 1. The molecule has 4 nitrogen and oxygen atoms in total. The van der Waals surface area contributed by atoms with E-state index in [1.165, 1.54) is 5.56 Å². The van der Waals surface area contributed by atoms with E-state index in [0.717, 1.165) is 33.2 Å². The Morgan fingerprint density at radius 1 is 1.08 bits per heavy atom. The summed E-state index contributed by atoms with van der Waals surface area (Å²) < 4.78 is 3.11. The number of rotatable bonds is 6. The molecule has 0 unspecified atom stereocenters. The average molecular weight is 414 g/mol. The van der Waals surface area contributed by atoms with Crippen LogP contribution in [0.4, 0.5) is 0 Å². The van der Waals surface area contributed by atoms with Gasteiger partial charge in [0, 0.05) is 34.2 Å². The fourth-order valence-corrected chi connectivity index (χ4v) is 3.76. The van der Waals surface area contributed by atoms with E-state index in [4.69, 9.17) is 0 Å². The highest BCUT2D eigenvalue weighted by atomic mass is 79.9. The predicted molar refractivity (Wildman–Crippen MR) is 110 cm³/mol. The summed E-state index contributed by atoms with van der Waals surface area (Å²) >= 11 is 3.64. The third-order valence-electron chi connectivity index (χ3n) is 4.54. The maximum absolute atomic E-state index is 12.6. The lowest BCUT2D eigenvalue weighted by Gasteiger charge is -2.15. The second kappa shape index (κ2) is 8.06. The SMILES string of the molecule is Cc1c(Br)c2ccccc2n1CC(=O)NCc1ccccc1CN(C)C. The number of hydrogen-bond acceptors (Lipinski definition) is 2. The molecule has 0 aliphatic heterocycles. The minimum atomic E-state index is 0.0148. The molecule has 0 bridgehead atoms. The molecular weight excluding hydrogens is 390 g/mol. The Morgan fingerprint density at radius 3 is 2.46 bits per heavy atom. The second-order valence-corrected chi connectivity index (χ2v) is 7.58. The summed E-state index contributed by atoms with van der Waals surface area (Å²) in [6, 6.07) is 16.4. The lowest BCUT2D eigenvalue weighted by atomic mass is 10.1. The molecule has 0 aliphatic rings. The number of para-hydroxylation sites is 1. The largest absolute Gasteiger partial charge is 0.350 e. The Morgan fingerprint density at radius 2 is 1.73 bits per heavy atom. The summed E-state index contributed by atoms with van der Waals surface area (Å²) in [4.78, 5) is 14.7. The van der Waals surface area contributed by atoms with Gasteiger partial charge in [0.2, 0.25) is 5.91 Å². The normalized spacial score (nSPS) is 11.3. The molecule has 0 saturated carbocycles. The Balaban J connectivity index is 1.72. The number of benzene rings is 2. The van der Waals surface area contributed by atoms with Crippen molar-refractivity contribution in [1.82, 2.24) is 14.8 Å². The molecule has 0 radical (unpaired) electrons. The van der Waals surface area contributed by atoms with Gasteiger partial charge < -0.3 is 14.8 Å². The summed E-state index contributed by atoms with van der Waals surface area (Å²) in [5, 5.41) is 4.20. The number of amides is 1. The van der Waals surface area contributed by atoms with Crippen LogP contribution in [0.25, 0.3) is 10.9 Å². The molecule has 3 aromatic rings. The Hall–Kier alpha value is -2.11. The van der Waals surface area contributed by atoms with E-state index in [9.17, 15) is 4.79 Å². The lowest BCUT2D eigenvalue weighted by molar-refractivity contribution is -0.121. The van der Waals surface area contributed by atoms with Crippen LogP contribution in [0.2, 0.25) is 0 Å². The number of carbonyl (C=O) groups excluding carboxylic acids is 1. The van der Waals surface area contributed by atoms with Gasteiger partial charge in [-0.15, -0.1) is 0 Å². The van der Waals surface area contributed by atoms with Crippen LogP contribution in [-0.4, -0.2) is 29.5 Å². The molecule has 3 rings (SSSR count). The Kier molecular flexibility index (Phi) is 5.79. The van der Waals surface area contributed by atoms with Gasteiger partial charge in [-0.1, -0.05) is 42.5 Å². The van der Waals surface area contributed by atoms with E-state index in [0.29, 0.717) is 13.1 Å². The van der Waals surface area contributed by atoms with Crippen LogP contribution in [-0.2, 0) is 24.4 Å². The molecule has 0 spiro atoms. The van der Waals surface area contributed by atoms with Crippen LogP contribution in [0.5, 0.6) is 0 Å². The molecular formula is C21H24BrN3O. The number of nitrogens with zero attached hydrogens (tertiary/aromatic N) is 2. The van der Waals surface area contributed by atoms with Gasteiger partial charge >= 0.3 is 0 Å². The fraction of sp³-hybridized carbons (Fsp3) is 0.286. The molecule has 0 saturated heterocycles. The topological polar surface area (TPSA) is 37.3 Å². The number of hydrogen-bond donors (Lipinski definition) is 1. The summed E-state index contributed by atoms with van der Waals surface area (Å²) in [5.41, 5.74) is 4.53. The van der Waals surface area contributed by atoms with E-state index >= 15 is 0 Å². The van der Waals surface area contributed by atoms with Crippen LogP contribution >= 0.6 is 15.9 Å². The third-order valence-corrected chi connectivity index (χ3v) is 5.54. The third kappa shape index (κ3) is 4.00. The quantitative estimate of drug-likeness (QED) is 0.660. The number of fused-ring (bicyclic) bond motifs is 1. The minimum Gasteiger partial charge on any atom is -0.350 e. The first-order chi connectivity index (χ1) is 12.5. The molecule has 0 fully saturated rings. The van der Waals surface area contributed by atoms with Crippen molar-refractivity contribution in [2.75, 3.05) is 14.1 Å². The number of carbonyl (C=O) groups is 1. The van der Waals surface area contributed by atoms with Gasteiger partial charge in [0.1, 0.15) is 6.54 Å². The first-order valence-corrected chi connectivity index (χ1v) is 9.48. The van der Waals surface area contributed by atoms with Gasteiger partial charge in [-0.3, -0.25) is 4.79 Å². The van der Waals surface area contributed by atoms with Gasteiger partial charge in [0.15, 0.2) is 0 Å². The zero-order valence-corrected chi connectivity index (χ0v) is 17.0. The highest BCUT2D eigenvalue weighted by Crippen LogP contribution is 2.30. The molecule has 1 N–H and O–H groups in total. The standard InChI is InChI=1S/C21H24BrN3O/c1-15-21(22)18-10-6-7-11-19(18)25(15)14-20(26)23-12-16-8-4-5-9-17(16)13-24(2)3/h4-11H,12-14H2,1-3H3,(H,23,26). The summed E-state index contributed by atoms with van der Waals surface area (Å²) in [6.45, 7) is 3.75. The molecule has 5 heteroatoms. The van der Waals surface area contributed by atoms with Crippen molar-refractivity contribution >= 4 is 32.7 Å². The van der Waals surface area contributed by atoms with Gasteiger partial charge in [0.05, 0.1) is 0 Å². The lowest BCUT2D eigenvalue weighted by Crippen LogP contribution is -2.28. The number of halogens is 1. The zero-order chi connectivity index (χ0) is 18.7. The summed E-state index contributed by atoms with van der Waals surface area (Å²) in [6.07, 6.45) is 0. The van der Waals surface area contributed by atoms with Gasteiger partial charge in [-0.05, 0) is 54.1 Å². The van der Waals surface area contributed by atoms with Crippen molar-refractivity contribution in [2.24, 2.45) is 0 Å². The highest BCUT2D eigenvalue weighted by Gasteiger charge is 2.14. The van der Waals surface area contributed by atoms with Gasteiger partial charge in [0.25, 0.3) is 0 Å². The van der Waals surface area contributed by atoms with E-state index in [1.807, 2.05) is 51.4 Å². The molecule has 1 heterocycles. The van der Waals surface area contributed by atoms with Crippen molar-refractivity contribution in [2.45, 2.75) is 26.6 Å². The molecule has 136 valence electrons. The first-order valence-electron chi connectivity index (χ1n) is 8.69. The second-order valence-electron chi connectivity index (χ2n) is 6.79. The summed E-state index contributed by atoms with van der Waals surface area (Å²) in [5.74, 6) is 0.0148. The average Bonchev–Trinajstić information content (AvgIpc) is 2.86. The van der Waals surface area contributed by atoms with E-state index in [1.54, 1.807) is 0 Å². The Labute approximate surface area is 162 Å². The van der Waals surface area contributed by atoms with Crippen molar-refractivity contribution in [3.05, 3.63) is 69.8 Å². The van der Waals surface area contributed by atoms with Crippen LogP contribution in [0.15, 0.2) is 53.0 Å². The van der Waals surface area contributed by atoms with Gasteiger partial charge in [-0.25, -0.2) is 0 Å². The highest BCUT2D eigenvalue weighted by molar-refractivity contribution is 9.10.